The van der Waals surface area contributed by atoms with Gasteiger partial charge in [0, 0.05) is 4.47 Å². The maximum absolute atomic E-state index is 12.6. The van der Waals surface area contributed by atoms with Gasteiger partial charge >= 0.3 is 6.18 Å². The van der Waals surface area contributed by atoms with Crippen molar-refractivity contribution in [2.75, 3.05) is 0 Å². The van der Waals surface area contributed by atoms with E-state index in [1.807, 2.05) is 19.1 Å². The largest absolute Gasteiger partial charge is 0.489 e. The summed E-state index contributed by atoms with van der Waals surface area (Å²) >= 11 is 3.38. The van der Waals surface area contributed by atoms with Gasteiger partial charge in [0.05, 0.1) is 5.56 Å². The van der Waals surface area contributed by atoms with Crippen LogP contribution in [-0.4, -0.2) is 0 Å². The lowest BCUT2D eigenvalue weighted by atomic mass is 10.1. The summed E-state index contributed by atoms with van der Waals surface area (Å²) in [5.74, 6) is 0.628. The molecule has 0 aliphatic carbocycles. The fraction of sp³-hybridized carbons (Fsp3) is 0.200. The van der Waals surface area contributed by atoms with Crippen molar-refractivity contribution in [2.45, 2.75) is 19.7 Å². The van der Waals surface area contributed by atoms with Crippen LogP contribution >= 0.6 is 15.9 Å². The normalized spacial score (nSPS) is 11.4. The minimum Gasteiger partial charge on any atom is -0.489 e. The van der Waals surface area contributed by atoms with Crippen LogP contribution in [0, 0.1) is 6.92 Å². The SMILES string of the molecule is Cc1cc(OCc2cccc(C(F)(F)F)c2)ccc1Br. The Morgan fingerprint density at radius 3 is 2.50 bits per heavy atom. The molecule has 0 unspecified atom stereocenters. The molecule has 0 aliphatic heterocycles. The van der Waals surface area contributed by atoms with Crippen molar-refractivity contribution < 1.29 is 17.9 Å². The van der Waals surface area contributed by atoms with Crippen molar-refractivity contribution in [3.8, 4) is 5.75 Å². The highest BCUT2D eigenvalue weighted by Gasteiger charge is 2.30. The van der Waals surface area contributed by atoms with Gasteiger partial charge in [-0.25, -0.2) is 0 Å². The van der Waals surface area contributed by atoms with E-state index in [-0.39, 0.29) is 6.61 Å². The van der Waals surface area contributed by atoms with Crippen LogP contribution in [0.2, 0.25) is 0 Å². The standard InChI is InChI=1S/C15H12BrF3O/c1-10-7-13(5-6-14(10)16)20-9-11-3-2-4-12(8-11)15(17,18)19/h2-8H,9H2,1H3. The van der Waals surface area contributed by atoms with Gasteiger partial charge in [-0.05, 0) is 48.4 Å². The van der Waals surface area contributed by atoms with Crippen molar-refractivity contribution in [1.29, 1.82) is 0 Å². The van der Waals surface area contributed by atoms with Crippen LogP contribution < -0.4 is 4.74 Å². The zero-order chi connectivity index (χ0) is 14.8. The lowest BCUT2D eigenvalue weighted by Gasteiger charge is -2.10. The van der Waals surface area contributed by atoms with E-state index >= 15 is 0 Å². The Morgan fingerprint density at radius 1 is 1.10 bits per heavy atom. The summed E-state index contributed by atoms with van der Waals surface area (Å²) in [5.41, 5.74) is 0.831. The second-order valence-electron chi connectivity index (χ2n) is 4.40. The van der Waals surface area contributed by atoms with Crippen LogP contribution in [0.3, 0.4) is 0 Å². The second kappa shape index (κ2) is 5.87. The number of aryl methyl sites for hydroxylation is 1. The molecule has 2 aromatic rings. The first kappa shape index (κ1) is 14.9. The van der Waals surface area contributed by atoms with E-state index in [4.69, 9.17) is 4.74 Å². The predicted octanol–water partition coefficient (Wildman–Crippen LogP) is 5.36. The fourth-order valence-electron chi connectivity index (χ4n) is 1.71. The number of benzene rings is 2. The molecule has 0 aromatic heterocycles. The molecule has 0 saturated carbocycles. The molecule has 0 radical (unpaired) electrons. The van der Waals surface area contributed by atoms with Crippen molar-refractivity contribution in [3.05, 3.63) is 63.6 Å². The molecule has 0 N–H and O–H groups in total. The molecular formula is C15H12BrF3O. The molecule has 2 aromatic carbocycles. The highest BCUT2D eigenvalue weighted by Crippen LogP contribution is 2.30. The third-order valence-electron chi connectivity index (χ3n) is 2.79. The van der Waals surface area contributed by atoms with Crippen LogP contribution in [0.15, 0.2) is 46.9 Å². The zero-order valence-electron chi connectivity index (χ0n) is 10.7. The van der Waals surface area contributed by atoms with Crippen LogP contribution in [0.5, 0.6) is 5.75 Å². The molecular weight excluding hydrogens is 333 g/mol. The maximum Gasteiger partial charge on any atom is 0.416 e. The van der Waals surface area contributed by atoms with Crippen LogP contribution in [-0.2, 0) is 12.8 Å². The van der Waals surface area contributed by atoms with Crippen LogP contribution in [0.4, 0.5) is 13.2 Å². The summed E-state index contributed by atoms with van der Waals surface area (Å²) in [6.45, 7) is 2.02. The number of halogens is 4. The third kappa shape index (κ3) is 3.76. The van der Waals surface area contributed by atoms with Crippen LogP contribution in [0.25, 0.3) is 0 Å². The zero-order valence-corrected chi connectivity index (χ0v) is 12.3. The Hall–Kier alpha value is -1.49. The molecule has 0 fully saturated rings. The summed E-state index contributed by atoms with van der Waals surface area (Å²) < 4.78 is 44.2. The molecule has 0 saturated heterocycles. The van der Waals surface area contributed by atoms with Crippen molar-refractivity contribution >= 4 is 15.9 Å². The number of hydrogen-bond acceptors (Lipinski definition) is 1. The first-order valence-electron chi connectivity index (χ1n) is 5.91. The number of alkyl halides is 3. The fourth-order valence-corrected chi connectivity index (χ4v) is 1.96. The summed E-state index contributed by atoms with van der Waals surface area (Å²) in [4.78, 5) is 0. The van der Waals surface area contributed by atoms with E-state index in [1.54, 1.807) is 12.1 Å². The molecule has 106 valence electrons. The predicted molar refractivity (Wildman–Crippen MR) is 74.7 cm³/mol. The Kier molecular flexibility index (Phi) is 4.38. The summed E-state index contributed by atoms with van der Waals surface area (Å²) in [7, 11) is 0. The molecule has 0 heterocycles. The smallest absolute Gasteiger partial charge is 0.416 e. The van der Waals surface area contributed by atoms with Gasteiger partial charge in [0.15, 0.2) is 0 Å². The second-order valence-corrected chi connectivity index (χ2v) is 5.25. The Bertz CT molecular complexity index is 608. The van der Waals surface area contributed by atoms with Crippen molar-refractivity contribution in [3.63, 3.8) is 0 Å². The Morgan fingerprint density at radius 2 is 1.85 bits per heavy atom. The monoisotopic (exact) mass is 344 g/mol. The Balaban J connectivity index is 2.09. The molecule has 0 atom stereocenters. The Labute approximate surface area is 123 Å². The van der Waals surface area contributed by atoms with Gasteiger partial charge in [-0.1, -0.05) is 28.1 Å². The van der Waals surface area contributed by atoms with Gasteiger partial charge in [-0.2, -0.15) is 13.2 Å². The van der Waals surface area contributed by atoms with Gasteiger partial charge in [0.25, 0.3) is 0 Å². The highest BCUT2D eigenvalue weighted by molar-refractivity contribution is 9.10. The summed E-state index contributed by atoms with van der Waals surface area (Å²) in [6, 6.07) is 10.6. The molecule has 5 heteroatoms. The lowest BCUT2D eigenvalue weighted by Crippen LogP contribution is -2.06. The van der Waals surface area contributed by atoms with E-state index in [9.17, 15) is 13.2 Å². The minimum atomic E-state index is -4.33. The maximum atomic E-state index is 12.6. The molecule has 0 spiro atoms. The van der Waals surface area contributed by atoms with E-state index in [1.165, 1.54) is 6.07 Å². The minimum absolute atomic E-state index is 0.102. The summed E-state index contributed by atoms with van der Waals surface area (Å²) in [5, 5.41) is 0. The van der Waals surface area contributed by atoms with E-state index in [2.05, 4.69) is 15.9 Å². The van der Waals surface area contributed by atoms with Gasteiger partial charge in [-0.15, -0.1) is 0 Å². The van der Waals surface area contributed by atoms with Gasteiger partial charge in [0.2, 0.25) is 0 Å². The molecule has 0 aliphatic rings. The average molecular weight is 345 g/mol. The van der Waals surface area contributed by atoms with Gasteiger partial charge < -0.3 is 4.74 Å². The first-order chi connectivity index (χ1) is 9.36. The summed E-state index contributed by atoms with van der Waals surface area (Å²) in [6.07, 6.45) is -4.33. The quantitative estimate of drug-likeness (QED) is 0.728. The van der Waals surface area contributed by atoms with Crippen LogP contribution in [0.1, 0.15) is 16.7 Å². The van der Waals surface area contributed by atoms with E-state index < -0.39 is 11.7 Å². The highest BCUT2D eigenvalue weighted by atomic mass is 79.9. The van der Waals surface area contributed by atoms with Gasteiger partial charge in [0.1, 0.15) is 12.4 Å². The van der Waals surface area contributed by atoms with Gasteiger partial charge in [-0.3, -0.25) is 0 Å². The van der Waals surface area contributed by atoms with Crippen molar-refractivity contribution in [1.82, 2.24) is 0 Å². The molecule has 2 rings (SSSR count). The molecule has 0 amide bonds. The van der Waals surface area contributed by atoms with E-state index in [0.29, 0.717) is 11.3 Å². The number of hydrogen-bond donors (Lipinski definition) is 0. The molecule has 0 bridgehead atoms. The topological polar surface area (TPSA) is 9.23 Å². The molecule has 1 nitrogen and oxygen atoms in total. The number of ether oxygens (including phenoxy) is 1. The van der Waals surface area contributed by atoms with Crippen molar-refractivity contribution in [2.24, 2.45) is 0 Å². The van der Waals surface area contributed by atoms with E-state index in [0.717, 1.165) is 22.2 Å². The average Bonchev–Trinajstić information content (AvgIpc) is 2.39. The number of rotatable bonds is 3. The third-order valence-corrected chi connectivity index (χ3v) is 3.68. The molecule has 20 heavy (non-hydrogen) atoms. The first-order valence-corrected chi connectivity index (χ1v) is 6.70. The lowest BCUT2D eigenvalue weighted by molar-refractivity contribution is -0.137.